The van der Waals surface area contributed by atoms with E-state index < -0.39 is 47.9 Å². The lowest BCUT2D eigenvalue weighted by Crippen LogP contribution is -2.57. The molecule has 36 heavy (non-hydrogen) atoms. The Balaban J connectivity index is 2.85. The Kier molecular flexibility index (Phi) is 12.9. The molecule has 12 heteroatoms. The van der Waals surface area contributed by atoms with Crippen molar-refractivity contribution in [3.63, 3.8) is 0 Å². The topological polar surface area (TPSA) is 215 Å². The van der Waals surface area contributed by atoms with E-state index in [9.17, 15) is 24.3 Å². The Labute approximate surface area is 211 Å². The molecule has 0 spiro atoms. The van der Waals surface area contributed by atoms with E-state index in [4.69, 9.17) is 17.2 Å². The van der Waals surface area contributed by atoms with Crippen molar-refractivity contribution >= 4 is 29.7 Å². The zero-order chi connectivity index (χ0) is 27.3. The third kappa shape index (κ3) is 11.6. The molecule has 1 aromatic rings. The van der Waals surface area contributed by atoms with Gasteiger partial charge in [0.25, 0.3) is 0 Å². The lowest BCUT2D eigenvalue weighted by molar-refractivity contribution is -0.142. The van der Waals surface area contributed by atoms with Crippen LogP contribution >= 0.6 is 0 Å². The number of nitrogens with one attached hydrogen (secondary N) is 3. The summed E-state index contributed by atoms with van der Waals surface area (Å²) in [7, 11) is 0. The second kappa shape index (κ2) is 15.4. The first-order chi connectivity index (χ1) is 16.9. The number of amides is 3. The number of nitrogens with two attached hydrogens (primary N) is 3. The highest BCUT2D eigenvalue weighted by atomic mass is 16.4. The molecule has 0 aliphatic rings. The molecule has 1 rings (SSSR count). The van der Waals surface area contributed by atoms with Crippen LogP contribution < -0.4 is 33.2 Å². The number of carbonyl (C=O) groups is 4. The van der Waals surface area contributed by atoms with Gasteiger partial charge in [0.15, 0.2) is 5.96 Å². The van der Waals surface area contributed by atoms with Gasteiger partial charge in [0.2, 0.25) is 17.7 Å². The fourth-order valence-electron chi connectivity index (χ4n) is 3.36. The first-order valence-electron chi connectivity index (χ1n) is 11.9. The standard InChI is InChI=1S/C24H39N7O5/c1-14(2)12-19(23(35)36)31-20(32)15(3)29-22(34)18(13-16-8-5-4-6-9-16)30-21(33)17(25)10-7-11-28-24(26)27/h4-6,8-9,14-15,17-19H,7,10-13,25H2,1-3H3,(H,29,34)(H,30,33)(H,31,32)(H,35,36)(H4,26,27,28). The maximum atomic E-state index is 13.0. The predicted molar refractivity (Wildman–Crippen MR) is 137 cm³/mol. The number of rotatable bonds is 15. The summed E-state index contributed by atoms with van der Waals surface area (Å²) in [4.78, 5) is 53.6. The van der Waals surface area contributed by atoms with Crippen molar-refractivity contribution in [2.75, 3.05) is 6.54 Å². The van der Waals surface area contributed by atoms with Crippen LogP contribution in [0.4, 0.5) is 0 Å². The molecule has 0 saturated carbocycles. The zero-order valence-corrected chi connectivity index (χ0v) is 21.1. The van der Waals surface area contributed by atoms with Gasteiger partial charge in [-0.05, 0) is 37.7 Å². The summed E-state index contributed by atoms with van der Waals surface area (Å²) in [6, 6.07) is 5.04. The summed E-state index contributed by atoms with van der Waals surface area (Å²) in [5, 5.41) is 17.0. The van der Waals surface area contributed by atoms with Crippen LogP contribution in [0, 0.1) is 5.92 Å². The third-order valence-corrected chi connectivity index (χ3v) is 5.29. The Hall–Kier alpha value is -3.67. The number of aliphatic carboxylic acids is 1. The average Bonchev–Trinajstić information content (AvgIpc) is 2.80. The lowest BCUT2D eigenvalue weighted by atomic mass is 10.0. The van der Waals surface area contributed by atoms with Crippen LogP contribution in [0.2, 0.25) is 0 Å². The summed E-state index contributed by atoms with van der Waals surface area (Å²) in [6.07, 6.45) is 1.18. The first kappa shape index (κ1) is 30.4. The molecular formula is C24H39N7O5. The van der Waals surface area contributed by atoms with Gasteiger partial charge in [0.05, 0.1) is 6.04 Å². The Morgan fingerprint density at radius 2 is 1.53 bits per heavy atom. The summed E-state index contributed by atoms with van der Waals surface area (Å²) in [6.45, 7) is 5.45. The highest BCUT2D eigenvalue weighted by Crippen LogP contribution is 2.07. The van der Waals surface area contributed by atoms with Crippen LogP contribution in [0.5, 0.6) is 0 Å². The maximum Gasteiger partial charge on any atom is 0.326 e. The van der Waals surface area contributed by atoms with E-state index in [1.807, 2.05) is 19.9 Å². The minimum absolute atomic E-state index is 0.0467. The van der Waals surface area contributed by atoms with Gasteiger partial charge < -0.3 is 38.3 Å². The van der Waals surface area contributed by atoms with E-state index in [0.717, 1.165) is 5.56 Å². The van der Waals surface area contributed by atoms with Gasteiger partial charge in [-0.2, -0.15) is 0 Å². The number of aliphatic imine (C=N–C) groups is 1. The summed E-state index contributed by atoms with van der Waals surface area (Å²) >= 11 is 0. The Morgan fingerprint density at radius 1 is 0.917 bits per heavy atom. The van der Waals surface area contributed by atoms with Gasteiger partial charge in [-0.15, -0.1) is 0 Å². The molecule has 0 heterocycles. The number of hydrogen-bond acceptors (Lipinski definition) is 6. The SMILES string of the molecule is CC(C)CC(NC(=O)C(C)NC(=O)C(Cc1ccccc1)NC(=O)C(N)CCCN=C(N)N)C(=O)O. The Morgan fingerprint density at radius 3 is 2.08 bits per heavy atom. The molecule has 0 aliphatic carbocycles. The number of carbonyl (C=O) groups excluding carboxylic acids is 3. The Bertz CT molecular complexity index is 903. The van der Waals surface area contributed by atoms with E-state index in [1.165, 1.54) is 6.92 Å². The van der Waals surface area contributed by atoms with E-state index in [1.54, 1.807) is 24.3 Å². The molecule has 0 saturated heterocycles. The van der Waals surface area contributed by atoms with Crippen LogP contribution in [-0.4, -0.2) is 65.5 Å². The third-order valence-electron chi connectivity index (χ3n) is 5.29. The molecule has 12 nitrogen and oxygen atoms in total. The van der Waals surface area contributed by atoms with Crippen LogP contribution in [-0.2, 0) is 25.6 Å². The molecule has 0 radical (unpaired) electrons. The quantitative estimate of drug-likeness (QED) is 0.0908. The van der Waals surface area contributed by atoms with Crippen molar-refractivity contribution in [1.29, 1.82) is 0 Å². The predicted octanol–water partition coefficient (Wildman–Crippen LogP) is -0.785. The lowest BCUT2D eigenvalue weighted by Gasteiger charge is -2.24. The normalized spacial score (nSPS) is 14.1. The summed E-state index contributed by atoms with van der Waals surface area (Å²) in [5.41, 5.74) is 17.3. The van der Waals surface area contributed by atoms with Gasteiger partial charge in [0, 0.05) is 13.0 Å². The fourth-order valence-corrected chi connectivity index (χ4v) is 3.36. The second-order valence-corrected chi connectivity index (χ2v) is 9.07. The van der Waals surface area contributed by atoms with Crippen LogP contribution in [0.3, 0.4) is 0 Å². The molecular weight excluding hydrogens is 466 g/mol. The van der Waals surface area contributed by atoms with E-state index in [-0.39, 0.29) is 24.7 Å². The molecule has 4 atom stereocenters. The van der Waals surface area contributed by atoms with Crippen molar-refractivity contribution in [1.82, 2.24) is 16.0 Å². The van der Waals surface area contributed by atoms with Gasteiger partial charge in [-0.25, -0.2) is 4.79 Å². The maximum absolute atomic E-state index is 13.0. The molecule has 10 N–H and O–H groups in total. The van der Waals surface area contributed by atoms with Crippen molar-refractivity contribution in [2.24, 2.45) is 28.1 Å². The number of guanidine groups is 1. The zero-order valence-electron chi connectivity index (χ0n) is 21.1. The molecule has 0 fully saturated rings. The van der Waals surface area contributed by atoms with Crippen LogP contribution in [0.1, 0.15) is 45.6 Å². The molecule has 0 aliphatic heterocycles. The fraction of sp³-hybridized carbons (Fsp3) is 0.542. The molecule has 0 bridgehead atoms. The van der Waals surface area contributed by atoms with Gasteiger partial charge in [-0.1, -0.05) is 44.2 Å². The molecule has 4 unspecified atom stereocenters. The highest BCUT2D eigenvalue weighted by molar-refractivity contribution is 5.94. The number of nitrogens with zero attached hydrogens (tertiary/aromatic N) is 1. The number of benzene rings is 1. The monoisotopic (exact) mass is 505 g/mol. The largest absolute Gasteiger partial charge is 0.480 e. The average molecular weight is 506 g/mol. The van der Waals surface area contributed by atoms with E-state index in [2.05, 4.69) is 20.9 Å². The summed E-state index contributed by atoms with van der Waals surface area (Å²) in [5.74, 6) is -2.93. The van der Waals surface area contributed by atoms with E-state index >= 15 is 0 Å². The second-order valence-electron chi connectivity index (χ2n) is 9.07. The smallest absolute Gasteiger partial charge is 0.326 e. The molecule has 1 aromatic carbocycles. The summed E-state index contributed by atoms with van der Waals surface area (Å²) < 4.78 is 0. The number of carboxylic acid groups (broad SMARTS) is 1. The van der Waals surface area contributed by atoms with Gasteiger partial charge in [-0.3, -0.25) is 19.4 Å². The molecule has 200 valence electrons. The first-order valence-corrected chi connectivity index (χ1v) is 11.9. The number of carboxylic acids is 1. The van der Waals surface area contributed by atoms with Crippen LogP contribution in [0.25, 0.3) is 0 Å². The van der Waals surface area contributed by atoms with Gasteiger partial charge in [0.1, 0.15) is 18.1 Å². The van der Waals surface area contributed by atoms with Crippen molar-refractivity contribution < 1.29 is 24.3 Å². The highest BCUT2D eigenvalue weighted by Gasteiger charge is 2.28. The van der Waals surface area contributed by atoms with Crippen LogP contribution in [0.15, 0.2) is 35.3 Å². The minimum atomic E-state index is -1.15. The van der Waals surface area contributed by atoms with Crippen molar-refractivity contribution in [3.8, 4) is 0 Å². The molecule has 3 amide bonds. The van der Waals surface area contributed by atoms with Gasteiger partial charge >= 0.3 is 5.97 Å². The number of hydrogen-bond donors (Lipinski definition) is 7. The molecule has 0 aromatic heterocycles. The van der Waals surface area contributed by atoms with Crippen molar-refractivity contribution in [2.45, 2.75) is 70.6 Å². The van der Waals surface area contributed by atoms with Crippen molar-refractivity contribution in [3.05, 3.63) is 35.9 Å². The van der Waals surface area contributed by atoms with E-state index in [0.29, 0.717) is 19.4 Å². The minimum Gasteiger partial charge on any atom is -0.480 e.